The highest BCUT2D eigenvalue weighted by Crippen LogP contribution is 2.22. The Balaban J connectivity index is 1.64. The Morgan fingerprint density at radius 1 is 1.28 bits per heavy atom. The maximum atomic E-state index is 12.6. The average Bonchev–Trinajstić information content (AvgIpc) is 3.34. The molecule has 0 bridgehead atoms. The highest BCUT2D eigenvalue weighted by Gasteiger charge is 2.19. The van der Waals surface area contributed by atoms with Crippen molar-refractivity contribution in [2.24, 2.45) is 0 Å². The molecule has 7 heteroatoms. The van der Waals surface area contributed by atoms with Crippen molar-refractivity contribution < 1.29 is 4.79 Å². The van der Waals surface area contributed by atoms with Crippen molar-refractivity contribution in [1.82, 2.24) is 24.8 Å². The van der Waals surface area contributed by atoms with E-state index in [1.807, 2.05) is 31.4 Å². The van der Waals surface area contributed by atoms with Crippen LogP contribution in [0.4, 0.5) is 0 Å². The third-order valence-corrected chi connectivity index (χ3v) is 6.26. The Morgan fingerprint density at radius 2 is 2.03 bits per heavy atom. The summed E-state index contributed by atoms with van der Waals surface area (Å²) >= 11 is 1.70. The Bertz CT molecular complexity index is 959. The summed E-state index contributed by atoms with van der Waals surface area (Å²) in [6, 6.07) is 4.35. The number of likely N-dealkylation sites (N-methyl/N-ethyl adjacent to an activating group) is 1. The molecule has 0 saturated carbocycles. The monoisotopic (exact) mass is 413 g/mol. The standard InChI is InChI=1S/C22H31N5OS/c1-6-26(7-2)20(18-10-11-29-14-18)13-23-22(28)9-8-19-16(4)24-21-12-15(3)25-27(21)17(19)5/h10-12,14,20H,6-9,13H2,1-5H3,(H,23,28). The summed E-state index contributed by atoms with van der Waals surface area (Å²) in [6.45, 7) is 12.9. The molecule has 1 N–H and O–H groups in total. The van der Waals surface area contributed by atoms with Crippen molar-refractivity contribution in [1.29, 1.82) is 0 Å². The molecule has 0 saturated heterocycles. The number of carbonyl (C=O) groups is 1. The maximum Gasteiger partial charge on any atom is 0.220 e. The quantitative estimate of drug-likeness (QED) is 0.579. The van der Waals surface area contributed by atoms with Crippen molar-refractivity contribution in [2.45, 2.75) is 53.5 Å². The van der Waals surface area contributed by atoms with Crippen molar-refractivity contribution in [2.75, 3.05) is 19.6 Å². The minimum atomic E-state index is 0.0768. The smallest absolute Gasteiger partial charge is 0.220 e. The first kappa shape index (κ1) is 21.5. The van der Waals surface area contributed by atoms with Crippen molar-refractivity contribution in [3.8, 4) is 0 Å². The van der Waals surface area contributed by atoms with Crippen LogP contribution in [0.5, 0.6) is 0 Å². The molecule has 156 valence electrons. The van der Waals surface area contributed by atoms with Gasteiger partial charge in [0, 0.05) is 30.4 Å². The average molecular weight is 414 g/mol. The first-order chi connectivity index (χ1) is 13.9. The predicted octanol–water partition coefficient (Wildman–Crippen LogP) is 3.85. The van der Waals surface area contributed by atoms with Crippen molar-refractivity contribution >= 4 is 22.9 Å². The van der Waals surface area contributed by atoms with Crippen LogP contribution < -0.4 is 5.32 Å². The molecule has 0 aliphatic heterocycles. The molecule has 1 unspecified atom stereocenters. The normalized spacial score (nSPS) is 12.6. The number of fused-ring (bicyclic) bond motifs is 1. The van der Waals surface area contributed by atoms with Gasteiger partial charge in [-0.3, -0.25) is 9.69 Å². The van der Waals surface area contributed by atoms with Gasteiger partial charge in [-0.05, 0) is 68.2 Å². The minimum absolute atomic E-state index is 0.0768. The summed E-state index contributed by atoms with van der Waals surface area (Å²) in [6.07, 6.45) is 1.11. The fourth-order valence-electron chi connectivity index (χ4n) is 3.93. The first-order valence-corrected chi connectivity index (χ1v) is 11.2. The van der Waals surface area contributed by atoms with E-state index in [4.69, 9.17) is 0 Å². The number of nitrogens with one attached hydrogen (secondary N) is 1. The summed E-state index contributed by atoms with van der Waals surface area (Å²) in [7, 11) is 0. The number of thiophene rings is 1. The number of rotatable bonds is 9. The maximum absolute atomic E-state index is 12.6. The van der Waals surface area contributed by atoms with E-state index in [1.165, 1.54) is 5.56 Å². The molecule has 29 heavy (non-hydrogen) atoms. The van der Waals surface area contributed by atoms with Gasteiger partial charge in [0.15, 0.2) is 5.65 Å². The van der Waals surface area contributed by atoms with Gasteiger partial charge in [0.2, 0.25) is 5.91 Å². The molecule has 0 radical (unpaired) electrons. The van der Waals surface area contributed by atoms with Crippen LogP contribution in [0.2, 0.25) is 0 Å². The molecule has 3 heterocycles. The molecule has 0 aromatic carbocycles. The molecule has 0 aliphatic carbocycles. The number of aromatic nitrogens is 3. The molecule has 3 aromatic heterocycles. The Kier molecular flexibility index (Phi) is 7.03. The molecule has 6 nitrogen and oxygen atoms in total. The third kappa shape index (κ3) is 4.85. The minimum Gasteiger partial charge on any atom is -0.354 e. The summed E-state index contributed by atoms with van der Waals surface area (Å²) < 4.78 is 1.88. The van der Waals surface area contributed by atoms with Gasteiger partial charge in [0.1, 0.15) is 0 Å². The third-order valence-electron chi connectivity index (χ3n) is 5.56. The van der Waals surface area contributed by atoms with Gasteiger partial charge in [-0.15, -0.1) is 0 Å². The van der Waals surface area contributed by atoms with Crippen LogP contribution in [0.25, 0.3) is 5.65 Å². The number of carbonyl (C=O) groups excluding carboxylic acids is 1. The van der Waals surface area contributed by atoms with Gasteiger partial charge in [0.25, 0.3) is 0 Å². The van der Waals surface area contributed by atoms with Crippen LogP contribution in [0, 0.1) is 20.8 Å². The van der Waals surface area contributed by atoms with E-state index in [9.17, 15) is 4.79 Å². The highest BCUT2D eigenvalue weighted by molar-refractivity contribution is 7.07. The van der Waals surface area contributed by atoms with Crippen molar-refractivity contribution in [3.63, 3.8) is 0 Å². The zero-order valence-corrected chi connectivity index (χ0v) is 18.8. The molecule has 0 aliphatic rings. The SMILES string of the molecule is CCN(CC)C(CNC(=O)CCc1c(C)nc2cc(C)nn2c1C)c1ccsc1. The lowest BCUT2D eigenvalue weighted by molar-refractivity contribution is -0.121. The van der Waals surface area contributed by atoms with E-state index in [-0.39, 0.29) is 11.9 Å². The van der Waals surface area contributed by atoms with Crippen LogP contribution in [0.1, 0.15) is 54.5 Å². The second kappa shape index (κ2) is 9.50. The topological polar surface area (TPSA) is 62.5 Å². The molecular formula is C22H31N5OS. The lowest BCUT2D eigenvalue weighted by Crippen LogP contribution is -2.38. The van der Waals surface area contributed by atoms with Crippen molar-refractivity contribution in [3.05, 3.63) is 51.1 Å². The Morgan fingerprint density at radius 3 is 2.69 bits per heavy atom. The number of amides is 1. The summed E-state index contributed by atoms with van der Waals surface area (Å²) in [5.41, 5.74) is 6.23. The van der Waals surface area contributed by atoms with E-state index in [0.717, 1.165) is 41.4 Å². The zero-order chi connectivity index (χ0) is 21.0. The number of aryl methyl sites for hydroxylation is 3. The fraction of sp³-hybridized carbons (Fsp3) is 0.500. The van der Waals surface area contributed by atoms with Crippen LogP contribution in [0.15, 0.2) is 22.9 Å². The molecule has 1 atom stereocenters. The summed E-state index contributed by atoms with van der Waals surface area (Å²) in [5.74, 6) is 0.0768. The van der Waals surface area contributed by atoms with Gasteiger partial charge in [0.05, 0.1) is 11.7 Å². The number of hydrogen-bond acceptors (Lipinski definition) is 5. The van der Waals surface area contributed by atoms with E-state index in [1.54, 1.807) is 11.3 Å². The Labute approximate surface area is 177 Å². The fourth-order valence-corrected chi connectivity index (χ4v) is 4.63. The first-order valence-electron chi connectivity index (χ1n) is 10.3. The van der Waals surface area contributed by atoms with E-state index in [2.05, 4.69) is 51.0 Å². The zero-order valence-electron chi connectivity index (χ0n) is 18.0. The van der Waals surface area contributed by atoms with Gasteiger partial charge < -0.3 is 5.32 Å². The largest absolute Gasteiger partial charge is 0.354 e. The molecule has 3 rings (SSSR count). The number of hydrogen-bond donors (Lipinski definition) is 1. The number of nitrogens with zero attached hydrogens (tertiary/aromatic N) is 4. The molecule has 1 amide bonds. The van der Waals surface area contributed by atoms with Crippen LogP contribution in [-0.4, -0.2) is 45.0 Å². The Hall–Kier alpha value is -2.25. The second-order valence-corrected chi connectivity index (χ2v) is 8.19. The predicted molar refractivity (Wildman–Crippen MR) is 119 cm³/mol. The van der Waals surface area contributed by atoms with Gasteiger partial charge in [-0.25, -0.2) is 9.50 Å². The molecule has 0 fully saturated rings. The van der Waals surface area contributed by atoms with Crippen LogP contribution in [0.3, 0.4) is 0 Å². The van der Waals surface area contributed by atoms with Crippen LogP contribution in [-0.2, 0) is 11.2 Å². The molecule has 0 spiro atoms. The highest BCUT2D eigenvalue weighted by atomic mass is 32.1. The lowest BCUT2D eigenvalue weighted by Gasteiger charge is -2.29. The van der Waals surface area contributed by atoms with Gasteiger partial charge in [-0.2, -0.15) is 16.4 Å². The van der Waals surface area contributed by atoms with Gasteiger partial charge >= 0.3 is 0 Å². The van der Waals surface area contributed by atoms with E-state index >= 15 is 0 Å². The molecular weight excluding hydrogens is 382 g/mol. The van der Waals surface area contributed by atoms with E-state index < -0.39 is 0 Å². The van der Waals surface area contributed by atoms with Gasteiger partial charge in [-0.1, -0.05) is 13.8 Å². The summed E-state index contributed by atoms with van der Waals surface area (Å²) in [5, 5.41) is 11.9. The summed E-state index contributed by atoms with van der Waals surface area (Å²) in [4.78, 5) is 19.6. The second-order valence-electron chi connectivity index (χ2n) is 7.41. The van der Waals surface area contributed by atoms with Crippen LogP contribution >= 0.6 is 11.3 Å². The molecule has 3 aromatic rings. The van der Waals surface area contributed by atoms with E-state index in [0.29, 0.717) is 19.4 Å². The lowest BCUT2D eigenvalue weighted by atomic mass is 10.1.